The highest BCUT2D eigenvalue weighted by Gasteiger charge is 2.39. The van der Waals surface area contributed by atoms with Gasteiger partial charge in [-0.15, -0.1) is 0 Å². The van der Waals surface area contributed by atoms with E-state index in [0.29, 0.717) is 19.4 Å². The van der Waals surface area contributed by atoms with Gasteiger partial charge in [0, 0.05) is 13.1 Å². The highest BCUT2D eigenvalue weighted by molar-refractivity contribution is 5.78. The van der Waals surface area contributed by atoms with Crippen LogP contribution in [0.15, 0.2) is 0 Å². The minimum atomic E-state index is -0.789. The Labute approximate surface area is 115 Å². The van der Waals surface area contributed by atoms with Crippen molar-refractivity contribution >= 4 is 12.0 Å². The van der Waals surface area contributed by atoms with E-state index in [4.69, 9.17) is 0 Å². The number of hydrogen-bond donors (Lipinski definition) is 3. The van der Waals surface area contributed by atoms with Gasteiger partial charge in [0.05, 0.1) is 5.41 Å². The molecule has 5 heteroatoms. The molecular weight excluding hydrogens is 244 g/mol. The van der Waals surface area contributed by atoms with Gasteiger partial charge >= 0.3 is 12.0 Å². The fraction of sp³-hybridized carbons (Fsp3) is 0.857. The minimum Gasteiger partial charge on any atom is -0.481 e. The molecule has 0 spiro atoms. The number of aliphatic carboxylic acids is 1. The molecule has 0 aliphatic heterocycles. The van der Waals surface area contributed by atoms with E-state index in [-0.39, 0.29) is 18.0 Å². The molecule has 110 valence electrons. The summed E-state index contributed by atoms with van der Waals surface area (Å²) in [4.78, 5) is 23.1. The molecule has 1 rings (SSSR count). The van der Waals surface area contributed by atoms with Gasteiger partial charge in [-0.1, -0.05) is 40.0 Å². The van der Waals surface area contributed by atoms with Crippen LogP contribution >= 0.6 is 0 Å². The zero-order chi connectivity index (χ0) is 14.5. The van der Waals surface area contributed by atoms with Crippen molar-refractivity contribution in [2.75, 3.05) is 13.1 Å². The van der Waals surface area contributed by atoms with Crippen molar-refractivity contribution in [3.63, 3.8) is 0 Å². The van der Waals surface area contributed by atoms with Gasteiger partial charge in [0.1, 0.15) is 0 Å². The molecule has 0 radical (unpaired) electrons. The number of hydrogen-bond acceptors (Lipinski definition) is 2. The smallest absolute Gasteiger partial charge is 0.314 e. The Bertz CT molecular complexity index is 328. The van der Waals surface area contributed by atoms with Crippen LogP contribution < -0.4 is 10.6 Å². The number of carbonyl (C=O) groups excluding carboxylic acids is 1. The van der Waals surface area contributed by atoms with E-state index in [1.54, 1.807) is 0 Å². The molecule has 1 fully saturated rings. The number of carboxylic acids is 1. The van der Waals surface area contributed by atoms with Gasteiger partial charge in [-0.05, 0) is 18.3 Å². The average molecular weight is 270 g/mol. The molecule has 1 aliphatic rings. The Balaban J connectivity index is 2.44. The SMILES string of the molecule is CC(C)(C)CNC(=O)NCC1(C(=O)O)CCCCC1. The van der Waals surface area contributed by atoms with Crippen molar-refractivity contribution in [1.82, 2.24) is 10.6 Å². The summed E-state index contributed by atoms with van der Waals surface area (Å²) in [5.41, 5.74) is -0.746. The topological polar surface area (TPSA) is 78.4 Å². The van der Waals surface area contributed by atoms with Crippen LogP contribution in [-0.2, 0) is 4.79 Å². The molecular formula is C14H26N2O3. The maximum Gasteiger partial charge on any atom is 0.314 e. The molecule has 1 saturated carbocycles. The van der Waals surface area contributed by atoms with E-state index >= 15 is 0 Å². The second-order valence-corrected chi connectivity index (χ2v) is 6.74. The fourth-order valence-corrected chi connectivity index (χ4v) is 2.35. The van der Waals surface area contributed by atoms with Crippen LogP contribution in [0.2, 0.25) is 0 Å². The first-order valence-corrected chi connectivity index (χ1v) is 7.00. The van der Waals surface area contributed by atoms with Crippen molar-refractivity contribution in [3.05, 3.63) is 0 Å². The standard InChI is InChI=1S/C14H26N2O3/c1-13(2,3)9-15-12(19)16-10-14(11(17)18)7-5-4-6-8-14/h4-10H2,1-3H3,(H,17,18)(H2,15,16,19). The summed E-state index contributed by atoms with van der Waals surface area (Å²) < 4.78 is 0. The lowest BCUT2D eigenvalue weighted by atomic mass is 9.74. The predicted molar refractivity (Wildman–Crippen MR) is 74.0 cm³/mol. The summed E-state index contributed by atoms with van der Waals surface area (Å²) in [6.45, 7) is 6.89. The highest BCUT2D eigenvalue weighted by atomic mass is 16.4. The van der Waals surface area contributed by atoms with E-state index < -0.39 is 11.4 Å². The van der Waals surface area contributed by atoms with E-state index in [2.05, 4.69) is 10.6 Å². The number of nitrogens with one attached hydrogen (secondary N) is 2. The molecule has 0 aromatic heterocycles. The van der Waals surface area contributed by atoms with Crippen molar-refractivity contribution in [1.29, 1.82) is 0 Å². The number of amides is 2. The van der Waals surface area contributed by atoms with Crippen LogP contribution in [0, 0.1) is 10.8 Å². The molecule has 2 amide bonds. The van der Waals surface area contributed by atoms with Gasteiger partial charge in [0.2, 0.25) is 0 Å². The molecule has 19 heavy (non-hydrogen) atoms. The Morgan fingerprint density at radius 1 is 1.11 bits per heavy atom. The number of carboxylic acid groups (broad SMARTS) is 1. The third-order valence-electron chi connectivity index (χ3n) is 3.63. The molecule has 0 aromatic carbocycles. The third-order valence-corrected chi connectivity index (χ3v) is 3.63. The van der Waals surface area contributed by atoms with Crippen LogP contribution in [0.5, 0.6) is 0 Å². The zero-order valence-electron chi connectivity index (χ0n) is 12.2. The van der Waals surface area contributed by atoms with Crippen LogP contribution in [0.3, 0.4) is 0 Å². The fourth-order valence-electron chi connectivity index (χ4n) is 2.35. The number of urea groups is 1. The maximum atomic E-state index is 11.7. The molecule has 1 aliphatic carbocycles. The second kappa shape index (κ2) is 6.26. The average Bonchev–Trinajstić information content (AvgIpc) is 2.34. The molecule has 0 saturated heterocycles. The first-order chi connectivity index (χ1) is 8.75. The van der Waals surface area contributed by atoms with Crippen LogP contribution in [0.4, 0.5) is 4.79 Å². The molecule has 3 N–H and O–H groups in total. The maximum absolute atomic E-state index is 11.7. The van der Waals surface area contributed by atoms with Crippen molar-refractivity contribution in [2.45, 2.75) is 52.9 Å². The Hall–Kier alpha value is -1.26. The quantitative estimate of drug-likeness (QED) is 0.734. The van der Waals surface area contributed by atoms with Crippen LogP contribution in [0.1, 0.15) is 52.9 Å². The van der Waals surface area contributed by atoms with Gasteiger partial charge in [0.15, 0.2) is 0 Å². The summed E-state index contributed by atoms with van der Waals surface area (Å²) in [5, 5.41) is 14.9. The van der Waals surface area contributed by atoms with Gasteiger partial charge in [-0.3, -0.25) is 4.79 Å². The number of rotatable bonds is 4. The largest absolute Gasteiger partial charge is 0.481 e. The Morgan fingerprint density at radius 3 is 2.16 bits per heavy atom. The first-order valence-electron chi connectivity index (χ1n) is 7.00. The van der Waals surface area contributed by atoms with Crippen LogP contribution in [0.25, 0.3) is 0 Å². The van der Waals surface area contributed by atoms with Crippen molar-refractivity contribution in [3.8, 4) is 0 Å². The first kappa shape index (κ1) is 15.8. The number of carbonyl (C=O) groups is 2. The van der Waals surface area contributed by atoms with E-state index in [1.165, 1.54) is 0 Å². The monoisotopic (exact) mass is 270 g/mol. The van der Waals surface area contributed by atoms with Gasteiger partial charge in [-0.25, -0.2) is 4.79 Å². The van der Waals surface area contributed by atoms with Crippen molar-refractivity contribution < 1.29 is 14.7 Å². The Kier molecular flexibility index (Phi) is 5.20. The molecule has 0 aromatic rings. The summed E-state index contributed by atoms with van der Waals surface area (Å²) >= 11 is 0. The summed E-state index contributed by atoms with van der Waals surface area (Å²) in [6, 6.07) is -0.277. The summed E-state index contributed by atoms with van der Waals surface area (Å²) in [6.07, 6.45) is 4.25. The summed E-state index contributed by atoms with van der Waals surface area (Å²) in [5.74, 6) is -0.789. The van der Waals surface area contributed by atoms with E-state index in [0.717, 1.165) is 19.3 Å². The molecule has 5 nitrogen and oxygen atoms in total. The lowest BCUT2D eigenvalue weighted by Crippen LogP contribution is -2.48. The van der Waals surface area contributed by atoms with Crippen molar-refractivity contribution in [2.24, 2.45) is 10.8 Å². The van der Waals surface area contributed by atoms with E-state index in [9.17, 15) is 14.7 Å². The second-order valence-electron chi connectivity index (χ2n) is 6.74. The lowest BCUT2D eigenvalue weighted by Gasteiger charge is -2.33. The normalized spacial score (nSPS) is 18.7. The van der Waals surface area contributed by atoms with E-state index in [1.807, 2.05) is 20.8 Å². The van der Waals surface area contributed by atoms with Gasteiger partial charge in [0.25, 0.3) is 0 Å². The summed E-state index contributed by atoms with van der Waals surface area (Å²) in [7, 11) is 0. The molecule has 0 unspecified atom stereocenters. The lowest BCUT2D eigenvalue weighted by molar-refractivity contribution is -0.150. The zero-order valence-corrected chi connectivity index (χ0v) is 12.2. The molecule has 0 heterocycles. The van der Waals surface area contributed by atoms with Gasteiger partial charge in [-0.2, -0.15) is 0 Å². The predicted octanol–water partition coefficient (Wildman–Crippen LogP) is 2.37. The third kappa shape index (κ3) is 5.09. The van der Waals surface area contributed by atoms with Gasteiger partial charge < -0.3 is 15.7 Å². The Morgan fingerprint density at radius 2 is 1.68 bits per heavy atom. The minimum absolute atomic E-state index is 0.0205. The highest BCUT2D eigenvalue weighted by Crippen LogP contribution is 2.35. The molecule has 0 bridgehead atoms. The van der Waals surface area contributed by atoms with Crippen LogP contribution in [-0.4, -0.2) is 30.2 Å². The molecule has 0 atom stereocenters.